The van der Waals surface area contributed by atoms with Gasteiger partial charge in [-0.3, -0.25) is 9.78 Å². The second-order valence-corrected chi connectivity index (χ2v) is 7.39. The number of fused-ring (bicyclic) bond motifs is 1. The summed E-state index contributed by atoms with van der Waals surface area (Å²) in [4.78, 5) is 17.5. The maximum atomic E-state index is 13.4. The number of carbonyl (C=O) groups is 1. The first-order valence-electron chi connectivity index (χ1n) is 9.86. The van der Waals surface area contributed by atoms with E-state index in [0.717, 1.165) is 47.8 Å². The summed E-state index contributed by atoms with van der Waals surface area (Å²) >= 11 is 0. The van der Waals surface area contributed by atoms with Gasteiger partial charge in [-0.2, -0.15) is 0 Å². The first-order valence-corrected chi connectivity index (χ1v) is 9.86. The molecule has 1 heterocycles. The number of hydrogen-bond acceptors (Lipinski definition) is 3. The maximum absolute atomic E-state index is 13.4. The minimum atomic E-state index is -0.606. The van der Waals surface area contributed by atoms with Crippen LogP contribution in [0.4, 0.5) is 10.1 Å². The number of carbonyl (C=O) groups excluding carboxylic acids is 1. The van der Waals surface area contributed by atoms with Gasteiger partial charge in [0.1, 0.15) is 11.9 Å². The summed E-state index contributed by atoms with van der Waals surface area (Å²) in [6.45, 7) is 0. The zero-order valence-electron chi connectivity index (χ0n) is 15.7. The number of pyridine rings is 1. The van der Waals surface area contributed by atoms with Crippen molar-refractivity contribution in [3.8, 4) is 0 Å². The summed E-state index contributed by atoms with van der Waals surface area (Å²) in [6.07, 6.45) is 7.28. The fraction of sp³-hybridized carbons (Fsp3) is 0.304. The summed E-state index contributed by atoms with van der Waals surface area (Å²) in [5.74, 6) is -0.408. The molecule has 0 aliphatic heterocycles. The van der Waals surface area contributed by atoms with E-state index in [-0.39, 0.29) is 17.8 Å². The van der Waals surface area contributed by atoms with Crippen LogP contribution in [0.2, 0.25) is 0 Å². The number of benzene rings is 2. The Balaban J connectivity index is 1.59. The highest BCUT2D eigenvalue weighted by Crippen LogP contribution is 2.24. The predicted octanol–water partition coefficient (Wildman–Crippen LogP) is 4.98. The minimum Gasteiger partial charge on any atom is -0.369 e. The first-order chi connectivity index (χ1) is 13.7. The zero-order chi connectivity index (χ0) is 19.3. The van der Waals surface area contributed by atoms with Gasteiger partial charge in [0.25, 0.3) is 0 Å². The molecule has 1 atom stereocenters. The van der Waals surface area contributed by atoms with Crippen molar-refractivity contribution < 1.29 is 9.18 Å². The second kappa shape index (κ2) is 8.38. The normalized spacial score (nSPS) is 15.9. The molecule has 0 saturated heterocycles. The highest BCUT2D eigenvalue weighted by atomic mass is 19.1. The van der Waals surface area contributed by atoms with Gasteiger partial charge in [0, 0.05) is 11.4 Å². The van der Waals surface area contributed by atoms with Crippen LogP contribution in [0.25, 0.3) is 10.9 Å². The van der Waals surface area contributed by atoms with Crippen LogP contribution in [-0.4, -0.2) is 16.9 Å². The largest absolute Gasteiger partial charge is 0.369 e. The van der Waals surface area contributed by atoms with E-state index in [2.05, 4.69) is 15.6 Å². The summed E-state index contributed by atoms with van der Waals surface area (Å²) in [5, 5.41) is 7.47. The van der Waals surface area contributed by atoms with Gasteiger partial charge in [-0.05, 0) is 42.7 Å². The van der Waals surface area contributed by atoms with Crippen molar-refractivity contribution in [2.75, 3.05) is 5.32 Å². The second-order valence-electron chi connectivity index (χ2n) is 7.39. The molecule has 144 valence electrons. The molecule has 1 fully saturated rings. The van der Waals surface area contributed by atoms with E-state index in [1.165, 1.54) is 18.6 Å². The fourth-order valence-electron chi connectivity index (χ4n) is 3.80. The molecule has 28 heavy (non-hydrogen) atoms. The Hall–Kier alpha value is -2.95. The van der Waals surface area contributed by atoms with E-state index < -0.39 is 6.04 Å². The van der Waals surface area contributed by atoms with Crippen LogP contribution >= 0.6 is 0 Å². The van der Waals surface area contributed by atoms with Gasteiger partial charge < -0.3 is 10.6 Å². The number of nitrogens with zero attached hydrogens (tertiary/aromatic N) is 1. The Morgan fingerprint density at radius 2 is 1.79 bits per heavy atom. The Kier molecular flexibility index (Phi) is 5.51. The van der Waals surface area contributed by atoms with E-state index in [1.807, 2.05) is 30.3 Å². The monoisotopic (exact) mass is 377 g/mol. The highest BCUT2D eigenvalue weighted by Gasteiger charge is 2.24. The third-order valence-electron chi connectivity index (χ3n) is 5.32. The molecule has 2 aromatic carbocycles. The number of anilines is 1. The lowest BCUT2D eigenvalue weighted by atomic mass is 9.95. The number of aromatic nitrogens is 1. The smallest absolute Gasteiger partial charge is 0.247 e. The van der Waals surface area contributed by atoms with Gasteiger partial charge >= 0.3 is 0 Å². The molecule has 4 nitrogen and oxygen atoms in total. The molecule has 4 rings (SSSR count). The molecule has 0 spiro atoms. The molecular formula is C23H24FN3O. The Morgan fingerprint density at radius 3 is 2.57 bits per heavy atom. The van der Waals surface area contributed by atoms with E-state index in [9.17, 15) is 9.18 Å². The van der Waals surface area contributed by atoms with Crippen LogP contribution in [0, 0.1) is 5.82 Å². The van der Waals surface area contributed by atoms with Crippen molar-refractivity contribution in [1.82, 2.24) is 10.3 Å². The molecule has 1 amide bonds. The fourth-order valence-corrected chi connectivity index (χ4v) is 3.80. The van der Waals surface area contributed by atoms with Crippen LogP contribution in [0.5, 0.6) is 0 Å². The Bertz CT molecular complexity index is 951. The zero-order valence-corrected chi connectivity index (χ0v) is 15.7. The van der Waals surface area contributed by atoms with Crippen molar-refractivity contribution in [3.05, 3.63) is 72.2 Å². The molecule has 1 unspecified atom stereocenters. The molecule has 3 aromatic rings. The van der Waals surface area contributed by atoms with E-state index in [4.69, 9.17) is 0 Å². The van der Waals surface area contributed by atoms with Crippen molar-refractivity contribution in [1.29, 1.82) is 0 Å². The molecule has 1 aliphatic rings. The molecule has 2 N–H and O–H groups in total. The van der Waals surface area contributed by atoms with E-state index >= 15 is 0 Å². The molecule has 5 heteroatoms. The number of amides is 1. The number of nitrogens with one attached hydrogen (secondary N) is 2. The lowest BCUT2D eigenvalue weighted by Crippen LogP contribution is -2.41. The Labute approximate surface area is 164 Å². The number of hydrogen-bond donors (Lipinski definition) is 2. The average Bonchev–Trinajstić information content (AvgIpc) is 2.73. The van der Waals surface area contributed by atoms with E-state index in [1.54, 1.807) is 18.3 Å². The van der Waals surface area contributed by atoms with Crippen LogP contribution in [0.3, 0.4) is 0 Å². The number of para-hydroxylation sites is 1. The molecule has 0 radical (unpaired) electrons. The molecule has 1 aromatic heterocycles. The summed E-state index contributed by atoms with van der Waals surface area (Å²) < 4.78 is 13.4. The van der Waals surface area contributed by atoms with Crippen LogP contribution in [0.15, 0.2) is 60.8 Å². The van der Waals surface area contributed by atoms with Crippen molar-refractivity contribution in [2.24, 2.45) is 0 Å². The molecule has 1 saturated carbocycles. The van der Waals surface area contributed by atoms with Gasteiger partial charge in [0.15, 0.2) is 0 Å². The first kappa shape index (κ1) is 18.4. The van der Waals surface area contributed by atoms with Crippen LogP contribution in [0.1, 0.15) is 43.7 Å². The highest BCUT2D eigenvalue weighted by molar-refractivity contribution is 5.87. The standard InChI is InChI=1S/C23H24FN3O/c24-18-12-10-16(11-13-18)22(23(28)27-19-7-2-1-3-8-19)26-20-14-17-6-4-5-9-21(17)25-15-20/h4-6,9-15,19,22,26H,1-3,7-8H2,(H,27,28). The van der Waals surface area contributed by atoms with Gasteiger partial charge in [0.05, 0.1) is 17.4 Å². The minimum absolute atomic E-state index is 0.0910. The van der Waals surface area contributed by atoms with Crippen molar-refractivity contribution in [3.63, 3.8) is 0 Å². The molecule has 0 bridgehead atoms. The summed E-state index contributed by atoms with van der Waals surface area (Å²) in [7, 11) is 0. The lowest BCUT2D eigenvalue weighted by Gasteiger charge is -2.26. The quantitative estimate of drug-likeness (QED) is 0.660. The van der Waals surface area contributed by atoms with Crippen molar-refractivity contribution >= 4 is 22.5 Å². The average molecular weight is 377 g/mol. The maximum Gasteiger partial charge on any atom is 0.247 e. The van der Waals surface area contributed by atoms with Gasteiger partial charge in [-0.1, -0.05) is 49.6 Å². The molecule has 1 aliphatic carbocycles. The summed E-state index contributed by atoms with van der Waals surface area (Å²) in [5.41, 5.74) is 2.38. The van der Waals surface area contributed by atoms with Gasteiger partial charge in [-0.25, -0.2) is 4.39 Å². The van der Waals surface area contributed by atoms with E-state index in [0.29, 0.717) is 0 Å². The van der Waals surface area contributed by atoms with Gasteiger partial charge in [0.2, 0.25) is 5.91 Å². The third-order valence-corrected chi connectivity index (χ3v) is 5.32. The van der Waals surface area contributed by atoms with Gasteiger partial charge in [-0.15, -0.1) is 0 Å². The Morgan fingerprint density at radius 1 is 1.04 bits per heavy atom. The third kappa shape index (κ3) is 4.30. The SMILES string of the molecule is O=C(NC1CCCCC1)C(Nc1cnc2ccccc2c1)c1ccc(F)cc1. The topological polar surface area (TPSA) is 54.0 Å². The number of halogens is 1. The van der Waals surface area contributed by atoms with Crippen LogP contribution in [-0.2, 0) is 4.79 Å². The summed E-state index contributed by atoms with van der Waals surface area (Å²) in [6, 6.07) is 15.5. The molecular weight excluding hydrogens is 353 g/mol. The number of rotatable bonds is 5. The van der Waals surface area contributed by atoms with Crippen molar-refractivity contribution in [2.45, 2.75) is 44.2 Å². The van der Waals surface area contributed by atoms with Crippen LogP contribution < -0.4 is 10.6 Å². The predicted molar refractivity (Wildman–Crippen MR) is 110 cm³/mol. The lowest BCUT2D eigenvalue weighted by molar-refractivity contribution is -0.122.